The standard InChI is InChI=1S/C2H4.Fe.Na/c1-2;;/h1-2H2;;/q;+2;+1. The second-order valence-corrected chi connectivity index (χ2v) is 0. The van der Waals surface area contributed by atoms with E-state index in [2.05, 4.69) is 13.2 Å². The molecule has 0 nitrogen and oxygen atoms in total. The van der Waals surface area contributed by atoms with Gasteiger partial charge in [0, 0.05) is 0 Å². The van der Waals surface area contributed by atoms with E-state index in [1.54, 1.807) is 0 Å². The zero-order valence-corrected chi connectivity index (χ0v) is 5.87. The predicted molar refractivity (Wildman–Crippen MR) is 11.3 cm³/mol. The van der Waals surface area contributed by atoms with Crippen LogP contribution in [0.1, 0.15) is 0 Å². The van der Waals surface area contributed by atoms with Gasteiger partial charge >= 0.3 is 46.6 Å². The van der Waals surface area contributed by atoms with E-state index >= 15 is 0 Å². The first kappa shape index (κ1) is 18.7. The molecule has 0 rings (SSSR count). The SMILES string of the molecule is C=C.[Fe+2].[Na+]. The fourth-order valence-electron chi connectivity index (χ4n) is 0. The minimum absolute atomic E-state index is 0. The normalized spacial score (nSPS) is 1.00. The topological polar surface area (TPSA) is 0 Å². The Balaban J connectivity index is -0.00000000500. The first-order valence-electron chi connectivity index (χ1n) is 0.500. The van der Waals surface area contributed by atoms with Crippen molar-refractivity contribution in [1.29, 1.82) is 0 Å². The van der Waals surface area contributed by atoms with Gasteiger partial charge in [-0.2, -0.15) is 0 Å². The molecule has 0 aromatic heterocycles. The molecular weight excluding hydrogens is 103 g/mol. The fourth-order valence-corrected chi connectivity index (χ4v) is 0. The quantitative estimate of drug-likeness (QED) is 0.243. The molecule has 4 heavy (non-hydrogen) atoms. The molecule has 0 aliphatic rings. The number of hydrogen-bond acceptors (Lipinski definition) is 0. The van der Waals surface area contributed by atoms with Gasteiger partial charge in [-0.05, 0) is 0 Å². The van der Waals surface area contributed by atoms with E-state index in [0.717, 1.165) is 0 Å². The molecule has 0 aromatic rings. The van der Waals surface area contributed by atoms with E-state index in [-0.39, 0.29) is 46.6 Å². The van der Waals surface area contributed by atoms with E-state index in [0.29, 0.717) is 0 Å². The van der Waals surface area contributed by atoms with Gasteiger partial charge in [0.05, 0.1) is 0 Å². The van der Waals surface area contributed by atoms with Crippen molar-refractivity contribution in [1.82, 2.24) is 0 Å². The predicted octanol–water partition coefficient (Wildman–Crippen LogP) is -2.20. The number of hydrogen-bond donors (Lipinski definition) is 0. The van der Waals surface area contributed by atoms with E-state index < -0.39 is 0 Å². The zero-order valence-electron chi connectivity index (χ0n) is 2.77. The maximum absolute atomic E-state index is 3.00. The summed E-state index contributed by atoms with van der Waals surface area (Å²) in [6, 6.07) is 0. The maximum Gasteiger partial charge on any atom is 2.00 e. The van der Waals surface area contributed by atoms with E-state index in [9.17, 15) is 0 Å². The third-order valence-electron chi connectivity index (χ3n) is 0. The molecular formula is C2H4FeNa+3. The van der Waals surface area contributed by atoms with E-state index in [1.807, 2.05) is 0 Å². The molecule has 0 fully saturated rings. The summed E-state index contributed by atoms with van der Waals surface area (Å²) in [6.07, 6.45) is 0. The minimum Gasteiger partial charge on any atom is -0.106 e. The fraction of sp³-hybridized carbons (Fsp3) is 0. The molecule has 0 spiro atoms. The van der Waals surface area contributed by atoms with Crippen molar-refractivity contribution < 1.29 is 46.6 Å². The Morgan fingerprint density at radius 1 is 1.00 bits per heavy atom. The monoisotopic (exact) mass is 107 g/mol. The summed E-state index contributed by atoms with van der Waals surface area (Å²) in [5.74, 6) is 0. The minimum atomic E-state index is 0. The van der Waals surface area contributed by atoms with Crippen molar-refractivity contribution in [3.05, 3.63) is 13.2 Å². The molecule has 0 unspecified atom stereocenters. The smallest absolute Gasteiger partial charge is 0.106 e. The van der Waals surface area contributed by atoms with Crippen molar-refractivity contribution in [2.45, 2.75) is 0 Å². The van der Waals surface area contributed by atoms with Crippen molar-refractivity contribution in [3.8, 4) is 0 Å². The summed E-state index contributed by atoms with van der Waals surface area (Å²) in [6.45, 7) is 6.00. The van der Waals surface area contributed by atoms with Gasteiger partial charge in [-0.1, -0.05) is 0 Å². The van der Waals surface area contributed by atoms with Crippen molar-refractivity contribution in [2.24, 2.45) is 0 Å². The van der Waals surface area contributed by atoms with Crippen LogP contribution in [0, 0.1) is 0 Å². The van der Waals surface area contributed by atoms with Crippen molar-refractivity contribution in [3.63, 3.8) is 0 Å². The average molecular weight is 107 g/mol. The van der Waals surface area contributed by atoms with Gasteiger partial charge < -0.3 is 0 Å². The summed E-state index contributed by atoms with van der Waals surface area (Å²) >= 11 is 0. The Labute approximate surface area is 59.4 Å². The van der Waals surface area contributed by atoms with Gasteiger partial charge in [0.1, 0.15) is 0 Å². The molecule has 0 aliphatic heterocycles. The second kappa shape index (κ2) is 28.5. The molecule has 0 saturated heterocycles. The van der Waals surface area contributed by atoms with Crippen LogP contribution in [0.2, 0.25) is 0 Å². The van der Waals surface area contributed by atoms with Gasteiger partial charge in [-0.15, -0.1) is 13.2 Å². The third kappa shape index (κ3) is 10.5. The summed E-state index contributed by atoms with van der Waals surface area (Å²) in [4.78, 5) is 0. The van der Waals surface area contributed by atoms with Crippen LogP contribution in [0.15, 0.2) is 13.2 Å². The first-order chi connectivity index (χ1) is 1.00. The summed E-state index contributed by atoms with van der Waals surface area (Å²) in [7, 11) is 0. The van der Waals surface area contributed by atoms with Crippen LogP contribution < -0.4 is 29.6 Å². The second-order valence-electron chi connectivity index (χ2n) is 0. The molecule has 2 heteroatoms. The van der Waals surface area contributed by atoms with Crippen LogP contribution in [-0.4, -0.2) is 0 Å². The molecule has 0 amide bonds. The Morgan fingerprint density at radius 3 is 1.00 bits per heavy atom. The molecule has 0 bridgehead atoms. The van der Waals surface area contributed by atoms with Crippen LogP contribution in [0.25, 0.3) is 0 Å². The molecule has 0 heterocycles. The van der Waals surface area contributed by atoms with Crippen LogP contribution in [0.5, 0.6) is 0 Å². The summed E-state index contributed by atoms with van der Waals surface area (Å²) < 4.78 is 0. The third-order valence-corrected chi connectivity index (χ3v) is 0. The van der Waals surface area contributed by atoms with Crippen LogP contribution >= 0.6 is 0 Å². The van der Waals surface area contributed by atoms with E-state index in [1.165, 1.54) is 0 Å². The van der Waals surface area contributed by atoms with Gasteiger partial charge in [-0.25, -0.2) is 0 Å². The van der Waals surface area contributed by atoms with Crippen LogP contribution in [-0.2, 0) is 17.1 Å². The Kier molecular flexibility index (Phi) is 133. The largest absolute Gasteiger partial charge is 2.00 e. The zero-order chi connectivity index (χ0) is 2.00. The molecule has 0 atom stereocenters. The molecule has 18 valence electrons. The Morgan fingerprint density at radius 2 is 1.00 bits per heavy atom. The molecule has 0 N–H and O–H groups in total. The maximum atomic E-state index is 3.00. The van der Waals surface area contributed by atoms with Crippen LogP contribution in [0.3, 0.4) is 0 Å². The van der Waals surface area contributed by atoms with Gasteiger partial charge in [0.2, 0.25) is 0 Å². The Bertz CT molecular complexity index is 6.00. The van der Waals surface area contributed by atoms with Crippen molar-refractivity contribution >= 4 is 0 Å². The molecule has 0 aliphatic carbocycles. The number of rotatable bonds is 0. The molecule has 0 saturated carbocycles. The molecule has 0 radical (unpaired) electrons. The Hall–Kier alpha value is 1.26. The van der Waals surface area contributed by atoms with Gasteiger partial charge in [-0.3, -0.25) is 0 Å². The van der Waals surface area contributed by atoms with Crippen molar-refractivity contribution in [2.75, 3.05) is 0 Å². The van der Waals surface area contributed by atoms with Gasteiger partial charge in [0.15, 0.2) is 0 Å². The van der Waals surface area contributed by atoms with E-state index in [4.69, 9.17) is 0 Å². The van der Waals surface area contributed by atoms with Crippen LogP contribution in [0.4, 0.5) is 0 Å². The average Bonchev–Trinajstić information content (AvgIpc) is 1.00. The van der Waals surface area contributed by atoms with Gasteiger partial charge in [0.25, 0.3) is 0 Å². The summed E-state index contributed by atoms with van der Waals surface area (Å²) in [5, 5.41) is 0. The molecule has 0 aromatic carbocycles. The first-order valence-corrected chi connectivity index (χ1v) is 0.500. The summed E-state index contributed by atoms with van der Waals surface area (Å²) in [5.41, 5.74) is 0.